The van der Waals surface area contributed by atoms with E-state index >= 15 is 0 Å². The average molecular weight is 328 g/mol. The van der Waals surface area contributed by atoms with Crippen LogP contribution in [0, 0.1) is 0 Å². The van der Waals surface area contributed by atoms with Crippen LogP contribution in [0.25, 0.3) is 0 Å². The smallest absolute Gasteiger partial charge is 0.203 e. The Bertz CT molecular complexity index is 633. The van der Waals surface area contributed by atoms with Gasteiger partial charge in [-0.1, -0.05) is 48.8 Å². The summed E-state index contributed by atoms with van der Waals surface area (Å²) in [6, 6.07) is 0. The van der Waals surface area contributed by atoms with E-state index in [0.717, 1.165) is 37.2 Å². The van der Waals surface area contributed by atoms with Crippen LogP contribution in [0.5, 0.6) is 0 Å². The Kier molecular flexibility index (Phi) is 4.50. The normalized spacial score (nSPS) is 20.3. The molecule has 0 aliphatic heterocycles. The minimum Gasteiger partial charge on any atom is -0.360 e. The van der Waals surface area contributed by atoms with Crippen molar-refractivity contribution in [2.75, 3.05) is 0 Å². The first-order valence-electron chi connectivity index (χ1n) is 9.28. The molecule has 128 valence electrons. The van der Waals surface area contributed by atoms with Gasteiger partial charge in [-0.05, 0) is 25.7 Å². The van der Waals surface area contributed by atoms with Gasteiger partial charge in [0.05, 0.1) is 23.5 Å². The first-order chi connectivity index (χ1) is 11.8. The molecule has 2 heterocycles. The predicted molar refractivity (Wildman–Crippen MR) is 88.1 cm³/mol. The lowest BCUT2D eigenvalue weighted by Gasteiger charge is -2.20. The second kappa shape index (κ2) is 6.91. The fraction of sp³-hybridized carbons (Fsp3) is 0.632. The van der Waals surface area contributed by atoms with Gasteiger partial charge in [0, 0.05) is 11.8 Å². The van der Waals surface area contributed by atoms with E-state index in [0.29, 0.717) is 23.0 Å². The lowest BCUT2D eigenvalue weighted by atomic mass is 9.83. The highest BCUT2D eigenvalue weighted by molar-refractivity contribution is 6.10. The first-order valence-corrected chi connectivity index (χ1v) is 9.28. The number of hydrogen-bond acceptors (Lipinski definition) is 5. The molecule has 2 aromatic rings. The molecule has 4 rings (SSSR count). The van der Waals surface area contributed by atoms with Gasteiger partial charge in [-0.15, -0.1) is 0 Å². The van der Waals surface area contributed by atoms with Gasteiger partial charge in [0.25, 0.3) is 0 Å². The van der Waals surface area contributed by atoms with Gasteiger partial charge < -0.3 is 9.05 Å². The van der Waals surface area contributed by atoms with E-state index in [9.17, 15) is 4.79 Å². The van der Waals surface area contributed by atoms with Gasteiger partial charge in [0.15, 0.2) is 11.5 Å². The maximum atomic E-state index is 13.1. The van der Waals surface area contributed by atoms with E-state index in [1.54, 1.807) is 12.4 Å². The molecule has 2 aliphatic rings. The van der Waals surface area contributed by atoms with Crippen molar-refractivity contribution in [3.8, 4) is 0 Å². The van der Waals surface area contributed by atoms with E-state index in [1.807, 2.05) is 0 Å². The molecule has 0 aromatic carbocycles. The van der Waals surface area contributed by atoms with Crippen molar-refractivity contribution in [2.45, 2.75) is 76.0 Å². The fourth-order valence-electron chi connectivity index (χ4n) is 4.30. The van der Waals surface area contributed by atoms with Gasteiger partial charge in [-0.2, -0.15) is 0 Å². The Morgan fingerprint density at radius 1 is 0.750 bits per heavy atom. The molecule has 2 aliphatic carbocycles. The van der Waals surface area contributed by atoms with E-state index in [4.69, 9.17) is 9.05 Å². The summed E-state index contributed by atoms with van der Waals surface area (Å²) in [5.41, 5.74) is 1.20. The molecule has 0 radical (unpaired) electrons. The molecule has 0 N–H and O–H groups in total. The molecule has 24 heavy (non-hydrogen) atoms. The van der Waals surface area contributed by atoms with E-state index in [-0.39, 0.29) is 5.78 Å². The van der Waals surface area contributed by atoms with Crippen molar-refractivity contribution in [3.63, 3.8) is 0 Å². The maximum absolute atomic E-state index is 13.1. The van der Waals surface area contributed by atoms with Gasteiger partial charge in [0.1, 0.15) is 0 Å². The lowest BCUT2D eigenvalue weighted by Crippen LogP contribution is -2.12. The summed E-state index contributed by atoms with van der Waals surface area (Å²) in [5, 5.41) is 7.85. The monoisotopic (exact) mass is 328 g/mol. The lowest BCUT2D eigenvalue weighted by molar-refractivity contribution is 0.103. The second-order valence-corrected chi connectivity index (χ2v) is 7.21. The molecular weight excluding hydrogens is 304 g/mol. The predicted octanol–water partition coefficient (Wildman–Crippen LogP) is 4.99. The first kappa shape index (κ1) is 15.6. The van der Waals surface area contributed by atoms with E-state index in [2.05, 4.69) is 10.3 Å². The van der Waals surface area contributed by atoms with Crippen molar-refractivity contribution >= 4 is 5.78 Å². The van der Waals surface area contributed by atoms with Crippen molar-refractivity contribution in [1.29, 1.82) is 0 Å². The van der Waals surface area contributed by atoms with Crippen molar-refractivity contribution in [2.24, 2.45) is 0 Å². The summed E-state index contributed by atoms with van der Waals surface area (Å²) in [5.74, 6) is 2.11. The molecule has 0 saturated heterocycles. The molecular formula is C19H24N2O3. The minimum absolute atomic E-state index is 0.0429. The molecule has 5 heteroatoms. The van der Waals surface area contributed by atoms with Crippen molar-refractivity contribution in [1.82, 2.24) is 10.3 Å². The Morgan fingerprint density at radius 3 is 1.58 bits per heavy atom. The highest BCUT2D eigenvalue weighted by Gasteiger charge is 2.31. The Morgan fingerprint density at radius 2 is 1.17 bits per heavy atom. The van der Waals surface area contributed by atoms with Gasteiger partial charge >= 0.3 is 0 Å². The molecule has 2 aromatic heterocycles. The number of carbonyl (C=O) groups excluding carboxylic acids is 1. The standard InChI is InChI=1S/C19H24N2O3/c22-17(15-11-20-23-18(15)13-7-3-1-4-8-13)16-12-21-24-19(16)14-9-5-2-6-10-14/h11-14H,1-10H2. The molecule has 0 amide bonds. The summed E-state index contributed by atoms with van der Waals surface area (Å²) in [4.78, 5) is 13.1. The van der Waals surface area contributed by atoms with Crippen LogP contribution < -0.4 is 0 Å². The Hall–Kier alpha value is -1.91. The average Bonchev–Trinajstić information content (AvgIpc) is 3.32. The summed E-state index contributed by atoms with van der Waals surface area (Å²) in [7, 11) is 0. The molecule has 2 saturated carbocycles. The van der Waals surface area contributed by atoms with Crippen LogP contribution in [0.1, 0.15) is 103 Å². The number of aromatic nitrogens is 2. The highest BCUT2D eigenvalue weighted by atomic mass is 16.5. The van der Waals surface area contributed by atoms with Gasteiger partial charge in [-0.3, -0.25) is 4.79 Å². The molecule has 0 spiro atoms. The van der Waals surface area contributed by atoms with Crippen LogP contribution >= 0.6 is 0 Å². The van der Waals surface area contributed by atoms with E-state index < -0.39 is 0 Å². The van der Waals surface area contributed by atoms with Crippen molar-refractivity contribution < 1.29 is 13.8 Å². The molecule has 2 fully saturated rings. The largest absolute Gasteiger partial charge is 0.360 e. The van der Waals surface area contributed by atoms with Crippen molar-refractivity contribution in [3.05, 3.63) is 35.0 Å². The third-order valence-corrected chi connectivity index (χ3v) is 5.64. The number of ketones is 1. The van der Waals surface area contributed by atoms with E-state index in [1.165, 1.54) is 38.5 Å². The molecule has 5 nitrogen and oxygen atoms in total. The number of nitrogens with zero attached hydrogens (tertiary/aromatic N) is 2. The van der Waals surface area contributed by atoms with Crippen LogP contribution in [0.15, 0.2) is 21.4 Å². The quantitative estimate of drug-likeness (QED) is 0.740. The highest BCUT2D eigenvalue weighted by Crippen LogP contribution is 2.37. The van der Waals surface area contributed by atoms with Gasteiger partial charge in [0.2, 0.25) is 5.78 Å². The Balaban J connectivity index is 1.61. The molecule has 0 atom stereocenters. The zero-order valence-corrected chi connectivity index (χ0v) is 14.0. The summed E-state index contributed by atoms with van der Waals surface area (Å²) in [6.45, 7) is 0. The zero-order valence-electron chi connectivity index (χ0n) is 14.0. The minimum atomic E-state index is -0.0429. The van der Waals surface area contributed by atoms with Crippen LogP contribution in [0.3, 0.4) is 0 Å². The summed E-state index contributed by atoms with van der Waals surface area (Å²) < 4.78 is 11.0. The van der Waals surface area contributed by atoms with Crippen LogP contribution in [-0.2, 0) is 0 Å². The number of rotatable bonds is 4. The second-order valence-electron chi connectivity index (χ2n) is 7.21. The zero-order chi connectivity index (χ0) is 16.4. The summed E-state index contributed by atoms with van der Waals surface area (Å²) >= 11 is 0. The van der Waals surface area contributed by atoms with Crippen LogP contribution in [-0.4, -0.2) is 16.1 Å². The van der Waals surface area contributed by atoms with Crippen LogP contribution in [0.2, 0.25) is 0 Å². The fourth-order valence-corrected chi connectivity index (χ4v) is 4.30. The topological polar surface area (TPSA) is 69.1 Å². The summed E-state index contributed by atoms with van der Waals surface area (Å²) in [6.07, 6.45) is 14.8. The van der Waals surface area contributed by atoms with Crippen LogP contribution in [0.4, 0.5) is 0 Å². The third kappa shape index (κ3) is 2.92. The maximum Gasteiger partial charge on any atom is 0.203 e. The number of hydrogen-bond donors (Lipinski definition) is 0. The molecule has 0 unspecified atom stereocenters. The Labute approximate surface area is 141 Å². The number of carbonyl (C=O) groups is 1. The molecule has 0 bridgehead atoms. The van der Waals surface area contributed by atoms with Gasteiger partial charge in [-0.25, -0.2) is 0 Å². The SMILES string of the molecule is O=C(c1cnoc1C1CCCCC1)c1cnoc1C1CCCCC1. The third-order valence-electron chi connectivity index (χ3n) is 5.64.